The fourth-order valence-electron chi connectivity index (χ4n) is 9.66. The number of amides is 3. The maximum atomic E-state index is 16.1. The number of aryl methyl sites for hydroxylation is 1. The Morgan fingerprint density at radius 2 is 1.95 bits per heavy atom. The summed E-state index contributed by atoms with van der Waals surface area (Å²) in [7, 11) is 1.79. The Morgan fingerprint density at radius 1 is 1.12 bits per heavy atom. The number of carbonyl (C=O) groups is 3. The predicted octanol–water partition coefficient (Wildman–Crippen LogP) is 4.25. The highest BCUT2D eigenvalue weighted by atomic mass is 19.3. The van der Waals surface area contributed by atoms with Gasteiger partial charge < -0.3 is 25.4 Å². The third-order valence-corrected chi connectivity index (χ3v) is 12.9. The number of nitrogens with one attached hydrogen (secondary N) is 2. The van der Waals surface area contributed by atoms with Gasteiger partial charge in [-0.05, 0) is 63.5 Å². The third-order valence-electron chi connectivity index (χ3n) is 12.9. The number of piperidine rings is 2. The number of hydrogen-bond acceptors (Lipinski definition) is 12. The number of halogens is 3. The Morgan fingerprint density at radius 3 is 2.72 bits per heavy atom. The number of anilines is 2. The smallest absolute Gasteiger partial charge is 0.284 e. The van der Waals surface area contributed by atoms with Gasteiger partial charge in [0.15, 0.2) is 11.3 Å². The summed E-state index contributed by atoms with van der Waals surface area (Å²) < 4.78 is 60.9. The van der Waals surface area contributed by atoms with Gasteiger partial charge in [-0.3, -0.25) is 34.0 Å². The van der Waals surface area contributed by atoms with E-state index in [0.717, 1.165) is 23.7 Å². The molecule has 338 valence electrons. The van der Waals surface area contributed by atoms with E-state index >= 15 is 4.39 Å². The largest absolute Gasteiger partial charge is 0.362 e. The molecule has 3 amide bonds. The zero-order chi connectivity index (χ0) is 44.7. The van der Waals surface area contributed by atoms with Crippen molar-refractivity contribution in [3.63, 3.8) is 0 Å². The van der Waals surface area contributed by atoms with Crippen LogP contribution in [0.15, 0.2) is 42.9 Å². The highest BCUT2D eigenvalue weighted by Crippen LogP contribution is 2.37. The Kier molecular flexibility index (Phi) is 12.2. The molecule has 1 aromatic carbocycles. The summed E-state index contributed by atoms with van der Waals surface area (Å²) >= 11 is 0. The number of morpholine rings is 1. The van der Waals surface area contributed by atoms with E-state index in [0.29, 0.717) is 81.5 Å². The minimum atomic E-state index is -2.91. The molecule has 4 aliphatic rings. The van der Waals surface area contributed by atoms with Crippen molar-refractivity contribution in [1.29, 1.82) is 0 Å². The number of fused-ring (bicyclic) bond motifs is 2. The first-order valence-electron chi connectivity index (χ1n) is 21.8. The highest BCUT2D eigenvalue weighted by Gasteiger charge is 2.41. The number of ether oxygens (including phenoxy) is 2. The van der Waals surface area contributed by atoms with Gasteiger partial charge in [-0.15, -0.1) is 0 Å². The first-order chi connectivity index (χ1) is 30.8. The molecular weight excluding hydrogens is 834 g/mol. The number of para-hydroxylation sites is 1. The number of nitrogens with two attached hydrogens (primary N) is 1. The van der Waals surface area contributed by atoms with Crippen molar-refractivity contribution in [3.8, 4) is 11.8 Å². The van der Waals surface area contributed by atoms with Crippen molar-refractivity contribution in [2.24, 2.45) is 18.7 Å². The van der Waals surface area contributed by atoms with E-state index in [1.165, 1.54) is 16.9 Å². The Balaban J connectivity index is 0.769. The Bertz CT molecular complexity index is 2630. The van der Waals surface area contributed by atoms with Crippen LogP contribution in [0.4, 0.5) is 24.7 Å². The molecule has 1 unspecified atom stereocenters. The van der Waals surface area contributed by atoms with E-state index in [2.05, 4.69) is 47.7 Å². The van der Waals surface area contributed by atoms with Crippen LogP contribution in [0, 0.1) is 17.8 Å². The van der Waals surface area contributed by atoms with Crippen LogP contribution in [0.2, 0.25) is 0 Å². The van der Waals surface area contributed by atoms with E-state index in [1.54, 1.807) is 35.6 Å². The van der Waals surface area contributed by atoms with E-state index in [9.17, 15) is 23.2 Å². The number of nitrogens with zero attached hydrogens (tertiary/aromatic N) is 9. The van der Waals surface area contributed by atoms with Crippen LogP contribution in [0.5, 0.6) is 0 Å². The summed E-state index contributed by atoms with van der Waals surface area (Å²) in [6.45, 7) is 4.64. The SMILES string of the molecule is Cn1nc(C2CCC(=O)NC2=O)c2cccc(C#CCO[C@H]3CCN(C[C@H]4CC[C@H](n5cc(NC(=O)c6cnn7ccc(N8CCO[C@H](N)C8)nc67)c(C(F)F)n5)CC4)C[C@]3(C)F)c21. The summed E-state index contributed by atoms with van der Waals surface area (Å²) in [5, 5.41) is 18.9. The maximum Gasteiger partial charge on any atom is 0.284 e. The highest BCUT2D eigenvalue weighted by molar-refractivity contribution is 6.08. The molecule has 64 heavy (non-hydrogen) atoms. The molecule has 3 saturated heterocycles. The molecule has 7 heterocycles. The number of imide groups is 1. The van der Waals surface area contributed by atoms with Crippen LogP contribution in [-0.2, 0) is 26.1 Å². The number of hydrogen-bond donors (Lipinski definition) is 3. The first kappa shape index (κ1) is 43.4. The number of aromatic nitrogens is 7. The molecule has 0 bridgehead atoms. The summed E-state index contributed by atoms with van der Waals surface area (Å²) in [5.41, 5.74) is 6.26. The van der Waals surface area contributed by atoms with Crippen molar-refractivity contribution in [3.05, 3.63) is 65.4 Å². The van der Waals surface area contributed by atoms with Gasteiger partial charge >= 0.3 is 0 Å². The van der Waals surface area contributed by atoms with Crippen LogP contribution in [0.25, 0.3) is 16.6 Å². The number of likely N-dealkylation sites (tertiary alicyclic amines) is 1. The van der Waals surface area contributed by atoms with E-state index < -0.39 is 41.9 Å². The normalized spacial score (nSPS) is 25.7. The molecule has 4 N–H and O–H groups in total. The van der Waals surface area contributed by atoms with Gasteiger partial charge in [-0.2, -0.15) is 15.3 Å². The van der Waals surface area contributed by atoms with Gasteiger partial charge in [0, 0.05) is 57.4 Å². The molecule has 1 saturated carbocycles. The number of alkyl halides is 3. The topological polar surface area (TPSA) is 192 Å². The Labute approximate surface area is 366 Å². The summed E-state index contributed by atoms with van der Waals surface area (Å²) in [5.74, 6) is 5.31. The lowest BCUT2D eigenvalue weighted by atomic mass is 9.84. The molecule has 17 nitrogen and oxygen atoms in total. The van der Waals surface area contributed by atoms with Crippen LogP contribution in [0.1, 0.15) is 97.6 Å². The van der Waals surface area contributed by atoms with Crippen molar-refractivity contribution in [2.45, 2.75) is 88.3 Å². The van der Waals surface area contributed by atoms with Gasteiger partial charge in [-0.25, -0.2) is 22.7 Å². The molecular formula is C44H51F3N12O5. The molecule has 4 fully saturated rings. The molecule has 0 radical (unpaired) electrons. The second-order valence-electron chi connectivity index (χ2n) is 17.4. The van der Waals surface area contributed by atoms with E-state index in [1.807, 2.05) is 23.1 Å². The molecule has 5 aromatic rings. The number of benzene rings is 1. The van der Waals surface area contributed by atoms with E-state index in [-0.39, 0.29) is 54.3 Å². The van der Waals surface area contributed by atoms with Gasteiger partial charge in [0.2, 0.25) is 11.8 Å². The van der Waals surface area contributed by atoms with Crippen LogP contribution in [-0.4, -0.2) is 121 Å². The monoisotopic (exact) mass is 884 g/mol. The van der Waals surface area contributed by atoms with Crippen LogP contribution >= 0.6 is 0 Å². The fourth-order valence-corrected chi connectivity index (χ4v) is 9.66. The van der Waals surface area contributed by atoms with Gasteiger partial charge in [-0.1, -0.05) is 24.0 Å². The van der Waals surface area contributed by atoms with Gasteiger partial charge in [0.05, 0.1) is 59.9 Å². The molecule has 3 aliphatic heterocycles. The van der Waals surface area contributed by atoms with Gasteiger partial charge in [0.25, 0.3) is 12.3 Å². The quantitative estimate of drug-likeness (QED) is 0.134. The molecule has 0 spiro atoms. The number of carbonyl (C=O) groups excluding carboxylic acids is 3. The van der Waals surface area contributed by atoms with Crippen molar-refractivity contribution >= 4 is 45.8 Å². The summed E-state index contributed by atoms with van der Waals surface area (Å²) in [4.78, 5) is 46.5. The lowest BCUT2D eigenvalue weighted by Crippen LogP contribution is -2.54. The minimum absolute atomic E-state index is 0.0403. The first-order valence-corrected chi connectivity index (χ1v) is 21.8. The zero-order valence-corrected chi connectivity index (χ0v) is 35.7. The standard InChI is InChI=1S/C44H51F3N12O5/c1-44(47)25-56(16-14-33(44)63-19-4-6-27-5-3-7-29-37(53-55(2)39(27)29)30-12-13-36(60)52-42(30)61)22-26-8-10-28(11-9-26)59-23-32(38(54-59)40(45)46)50-43(62)31-21-49-58-17-15-35(51-41(31)58)57-18-20-64-34(48)24-57/h3,5,7,15,17,21,23,26,28,30,33-34,40H,8-14,16,18-20,22,24-25,48H2,1-2H3,(H,50,62)(H,52,60,61)/t26-,28-,30?,33-,34-,44-/m0/s1. The minimum Gasteiger partial charge on any atom is -0.362 e. The molecule has 4 aromatic heterocycles. The van der Waals surface area contributed by atoms with Crippen LogP contribution < -0.4 is 21.3 Å². The van der Waals surface area contributed by atoms with Gasteiger partial charge in [0.1, 0.15) is 29.9 Å². The third kappa shape index (κ3) is 8.94. The molecule has 20 heteroatoms. The summed E-state index contributed by atoms with van der Waals surface area (Å²) in [6.07, 6.45) is 4.68. The lowest BCUT2D eigenvalue weighted by molar-refractivity contribution is -0.134. The average Bonchev–Trinajstić information content (AvgIpc) is 3.98. The second-order valence-corrected chi connectivity index (χ2v) is 17.4. The van der Waals surface area contributed by atoms with E-state index in [4.69, 9.17) is 15.2 Å². The van der Waals surface area contributed by atoms with Crippen molar-refractivity contribution in [1.82, 2.24) is 44.4 Å². The fraction of sp³-hybridized carbons (Fsp3) is 0.523. The maximum absolute atomic E-state index is 16.1. The Hall–Kier alpha value is -5.88. The molecule has 9 rings (SSSR count). The average molecular weight is 885 g/mol. The number of rotatable bonds is 10. The predicted molar refractivity (Wildman–Crippen MR) is 228 cm³/mol. The lowest BCUT2D eigenvalue weighted by Gasteiger charge is -2.42. The second kappa shape index (κ2) is 17.9. The summed E-state index contributed by atoms with van der Waals surface area (Å²) in [6, 6.07) is 7.24. The van der Waals surface area contributed by atoms with Crippen molar-refractivity contribution < 1.29 is 37.0 Å². The molecule has 1 aliphatic carbocycles. The van der Waals surface area contributed by atoms with Crippen molar-refractivity contribution in [2.75, 3.05) is 56.2 Å². The molecule has 4 atom stereocenters. The zero-order valence-electron chi connectivity index (χ0n) is 35.7. The van der Waals surface area contributed by atoms with Crippen LogP contribution in [0.3, 0.4) is 0 Å².